The highest BCUT2D eigenvalue weighted by Gasteiger charge is 2.32. The maximum Gasteiger partial charge on any atom is 0.243 e. The van der Waals surface area contributed by atoms with Crippen LogP contribution in [0.1, 0.15) is 50.5 Å². The van der Waals surface area contributed by atoms with E-state index in [4.69, 9.17) is 0 Å². The highest BCUT2D eigenvalue weighted by Crippen LogP contribution is 2.25. The number of nitrogens with zero attached hydrogens (tertiary/aromatic N) is 1. The minimum absolute atomic E-state index is 0.0640. The van der Waals surface area contributed by atoms with E-state index in [1.165, 1.54) is 23.6 Å². The van der Waals surface area contributed by atoms with Crippen molar-refractivity contribution >= 4 is 15.9 Å². The molecule has 1 N–H and O–H groups in total. The molecule has 25 heavy (non-hydrogen) atoms. The first-order valence-electron chi connectivity index (χ1n) is 9.34. The summed E-state index contributed by atoms with van der Waals surface area (Å²) in [6, 6.07) is 7.32. The first kappa shape index (κ1) is 18.4. The summed E-state index contributed by atoms with van der Waals surface area (Å²) in [5, 5.41) is 3.17. The van der Waals surface area contributed by atoms with Crippen LogP contribution in [0.2, 0.25) is 0 Å². The van der Waals surface area contributed by atoms with Crippen molar-refractivity contribution < 1.29 is 13.2 Å². The fourth-order valence-electron chi connectivity index (χ4n) is 3.85. The lowest BCUT2D eigenvalue weighted by Gasteiger charge is -2.32. The largest absolute Gasteiger partial charge is 0.353 e. The minimum atomic E-state index is -3.46. The van der Waals surface area contributed by atoms with Crippen LogP contribution in [0.15, 0.2) is 29.2 Å². The van der Waals surface area contributed by atoms with Crippen LogP contribution in [-0.4, -0.2) is 37.8 Å². The van der Waals surface area contributed by atoms with E-state index in [0.717, 1.165) is 18.4 Å². The van der Waals surface area contributed by atoms with Crippen molar-refractivity contribution in [1.29, 1.82) is 0 Å². The number of nitrogens with one attached hydrogen (secondary N) is 1. The monoisotopic (exact) mass is 364 g/mol. The molecule has 0 spiro atoms. The van der Waals surface area contributed by atoms with Crippen LogP contribution < -0.4 is 5.32 Å². The van der Waals surface area contributed by atoms with Crippen molar-refractivity contribution in [2.45, 2.75) is 62.8 Å². The Morgan fingerprint density at radius 3 is 2.40 bits per heavy atom. The van der Waals surface area contributed by atoms with Gasteiger partial charge in [0.1, 0.15) is 0 Å². The summed E-state index contributed by atoms with van der Waals surface area (Å²) in [5.41, 5.74) is 0.933. The molecular formula is C19H28N2O3S. The van der Waals surface area contributed by atoms with Gasteiger partial charge in [-0.3, -0.25) is 4.79 Å². The van der Waals surface area contributed by atoms with Crippen LogP contribution >= 0.6 is 0 Å². The van der Waals surface area contributed by atoms with Crippen molar-refractivity contribution in [1.82, 2.24) is 9.62 Å². The van der Waals surface area contributed by atoms with Crippen molar-refractivity contribution in [3.63, 3.8) is 0 Å². The summed E-state index contributed by atoms with van der Waals surface area (Å²) in [6.07, 6.45) is 7.00. The number of rotatable bonds is 4. The van der Waals surface area contributed by atoms with Gasteiger partial charge in [-0.15, -0.1) is 0 Å². The standard InChI is InChI=1S/C19H28N2O3S/c1-15-6-5-9-18(14-15)25(23,24)21-12-10-16(11-13-21)19(22)20-17-7-3-2-4-8-17/h5-6,9,14,16-17H,2-4,7-8,10-13H2,1H3,(H,20,22). The van der Waals surface area contributed by atoms with Gasteiger partial charge in [-0.1, -0.05) is 31.4 Å². The highest BCUT2D eigenvalue weighted by atomic mass is 32.2. The molecule has 1 heterocycles. The molecule has 3 rings (SSSR count). The van der Waals surface area contributed by atoms with Gasteiger partial charge in [0.15, 0.2) is 0 Å². The zero-order valence-electron chi connectivity index (χ0n) is 14.9. The van der Waals surface area contributed by atoms with Gasteiger partial charge in [0.25, 0.3) is 0 Å². The molecule has 1 saturated heterocycles. The highest BCUT2D eigenvalue weighted by molar-refractivity contribution is 7.89. The summed E-state index contributed by atoms with van der Waals surface area (Å²) in [7, 11) is -3.46. The second-order valence-corrected chi connectivity index (χ2v) is 9.28. The quantitative estimate of drug-likeness (QED) is 0.893. The van der Waals surface area contributed by atoms with Gasteiger partial charge in [0.05, 0.1) is 4.90 Å². The molecule has 0 radical (unpaired) electrons. The van der Waals surface area contributed by atoms with E-state index in [9.17, 15) is 13.2 Å². The van der Waals surface area contributed by atoms with Crippen molar-refractivity contribution in [3.8, 4) is 0 Å². The van der Waals surface area contributed by atoms with E-state index < -0.39 is 10.0 Å². The second kappa shape index (κ2) is 7.87. The summed E-state index contributed by atoms with van der Waals surface area (Å²) in [5.74, 6) is 0.0467. The lowest BCUT2D eigenvalue weighted by molar-refractivity contribution is -0.127. The first-order chi connectivity index (χ1) is 12.0. The Labute approximate surface area is 150 Å². The van der Waals surface area contributed by atoms with E-state index in [0.29, 0.717) is 36.9 Å². The number of piperidine rings is 1. The smallest absolute Gasteiger partial charge is 0.243 e. The Balaban J connectivity index is 1.56. The third kappa shape index (κ3) is 4.42. The molecule has 1 saturated carbocycles. The van der Waals surface area contributed by atoms with Crippen LogP contribution in [0.5, 0.6) is 0 Å². The van der Waals surface area contributed by atoms with Crippen LogP contribution in [-0.2, 0) is 14.8 Å². The topological polar surface area (TPSA) is 66.5 Å². The van der Waals surface area contributed by atoms with Gasteiger partial charge in [-0.25, -0.2) is 8.42 Å². The van der Waals surface area contributed by atoms with Crippen molar-refractivity contribution in [3.05, 3.63) is 29.8 Å². The predicted molar refractivity (Wildman–Crippen MR) is 97.7 cm³/mol. The second-order valence-electron chi connectivity index (χ2n) is 7.34. The molecule has 5 nitrogen and oxygen atoms in total. The Kier molecular flexibility index (Phi) is 5.79. The van der Waals surface area contributed by atoms with Crippen LogP contribution in [0.25, 0.3) is 0 Å². The minimum Gasteiger partial charge on any atom is -0.353 e. The average molecular weight is 365 g/mol. The van der Waals surface area contributed by atoms with Crippen LogP contribution in [0.4, 0.5) is 0 Å². The zero-order chi connectivity index (χ0) is 17.9. The lowest BCUT2D eigenvalue weighted by atomic mass is 9.93. The number of aryl methyl sites for hydroxylation is 1. The molecule has 2 fully saturated rings. The fraction of sp³-hybridized carbons (Fsp3) is 0.632. The molecule has 138 valence electrons. The molecule has 1 aromatic carbocycles. The number of sulfonamides is 1. The summed E-state index contributed by atoms with van der Waals surface area (Å²) in [6.45, 7) is 2.72. The van der Waals surface area contributed by atoms with Gasteiger partial charge in [0, 0.05) is 25.0 Å². The van der Waals surface area contributed by atoms with E-state index >= 15 is 0 Å². The molecule has 1 aliphatic heterocycles. The molecule has 1 aromatic rings. The van der Waals surface area contributed by atoms with E-state index in [1.807, 2.05) is 13.0 Å². The molecule has 1 aliphatic carbocycles. The van der Waals surface area contributed by atoms with Gasteiger partial charge in [-0.05, 0) is 50.3 Å². The molecule has 6 heteroatoms. The Morgan fingerprint density at radius 2 is 1.76 bits per heavy atom. The molecule has 1 amide bonds. The van der Waals surface area contributed by atoms with E-state index in [2.05, 4.69) is 5.32 Å². The fourth-order valence-corrected chi connectivity index (χ4v) is 5.42. The third-order valence-electron chi connectivity index (χ3n) is 5.40. The molecular weight excluding hydrogens is 336 g/mol. The van der Waals surface area contributed by atoms with E-state index in [1.54, 1.807) is 18.2 Å². The van der Waals surface area contributed by atoms with Gasteiger partial charge >= 0.3 is 0 Å². The maximum absolute atomic E-state index is 12.8. The number of carbonyl (C=O) groups excluding carboxylic acids is 1. The van der Waals surface area contributed by atoms with Crippen LogP contribution in [0, 0.1) is 12.8 Å². The summed E-state index contributed by atoms with van der Waals surface area (Å²) < 4.78 is 27.0. The number of amides is 1. The molecule has 2 aliphatic rings. The molecule has 0 unspecified atom stereocenters. The summed E-state index contributed by atoms with van der Waals surface area (Å²) >= 11 is 0. The predicted octanol–water partition coefficient (Wildman–Crippen LogP) is 2.84. The van der Waals surface area contributed by atoms with Gasteiger partial charge in [0.2, 0.25) is 15.9 Å². The zero-order valence-corrected chi connectivity index (χ0v) is 15.7. The first-order valence-corrected chi connectivity index (χ1v) is 10.8. The SMILES string of the molecule is Cc1cccc(S(=O)(=O)N2CCC(C(=O)NC3CCCCC3)CC2)c1. The number of benzene rings is 1. The number of hydrogen-bond acceptors (Lipinski definition) is 3. The van der Waals surface area contributed by atoms with E-state index in [-0.39, 0.29) is 11.8 Å². The number of hydrogen-bond donors (Lipinski definition) is 1. The number of carbonyl (C=O) groups is 1. The normalized spacial score (nSPS) is 21.2. The molecule has 0 atom stereocenters. The molecule has 0 aromatic heterocycles. The van der Waals surface area contributed by atoms with Crippen molar-refractivity contribution in [2.75, 3.05) is 13.1 Å². The lowest BCUT2D eigenvalue weighted by Crippen LogP contribution is -2.45. The Bertz CT molecular complexity index is 703. The molecule has 0 bridgehead atoms. The third-order valence-corrected chi connectivity index (χ3v) is 7.30. The Hall–Kier alpha value is -1.40. The Morgan fingerprint density at radius 1 is 1.08 bits per heavy atom. The summed E-state index contributed by atoms with van der Waals surface area (Å²) in [4.78, 5) is 12.8. The van der Waals surface area contributed by atoms with Gasteiger partial charge < -0.3 is 5.32 Å². The van der Waals surface area contributed by atoms with Crippen molar-refractivity contribution in [2.24, 2.45) is 5.92 Å². The average Bonchev–Trinajstić information content (AvgIpc) is 2.62. The maximum atomic E-state index is 12.8. The van der Waals surface area contributed by atoms with Crippen LogP contribution in [0.3, 0.4) is 0 Å². The van der Waals surface area contributed by atoms with Gasteiger partial charge in [-0.2, -0.15) is 4.31 Å².